The molecule has 2 saturated carbocycles. The van der Waals surface area contributed by atoms with Gasteiger partial charge in [0.25, 0.3) is 0 Å². The van der Waals surface area contributed by atoms with Gasteiger partial charge in [0.05, 0.1) is 0 Å². The third-order valence-corrected chi connectivity index (χ3v) is 5.55. The van der Waals surface area contributed by atoms with Gasteiger partial charge in [-0.3, -0.25) is 4.90 Å². The van der Waals surface area contributed by atoms with Crippen LogP contribution in [0.15, 0.2) is 30.3 Å². The van der Waals surface area contributed by atoms with Gasteiger partial charge in [0, 0.05) is 25.7 Å². The third-order valence-electron chi connectivity index (χ3n) is 5.55. The predicted octanol–water partition coefficient (Wildman–Crippen LogP) is 1.86. The zero-order valence-electron chi connectivity index (χ0n) is 10.2. The summed E-state index contributed by atoms with van der Waals surface area (Å²) in [4.78, 5) is 2.62. The van der Waals surface area contributed by atoms with E-state index in [0.29, 0.717) is 11.5 Å². The molecule has 17 heavy (non-hydrogen) atoms. The van der Waals surface area contributed by atoms with Gasteiger partial charge in [-0.1, -0.05) is 30.3 Å². The van der Waals surface area contributed by atoms with Gasteiger partial charge in [-0.2, -0.15) is 0 Å². The molecule has 3 fully saturated rings. The van der Waals surface area contributed by atoms with Gasteiger partial charge < -0.3 is 5.73 Å². The van der Waals surface area contributed by atoms with Crippen LogP contribution in [0.1, 0.15) is 18.4 Å². The summed E-state index contributed by atoms with van der Waals surface area (Å²) in [5.74, 6) is 1.65. The van der Waals surface area contributed by atoms with E-state index < -0.39 is 0 Å². The lowest BCUT2D eigenvalue weighted by atomic mass is 9.41. The molecule has 2 N–H and O–H groups in total. The van der Waals surface area contributed by atoms with Crippen LogP contribution in [-0.2, 0) is 6.54 Å². The maximum Gasteiger partial charge on any atom is 0.0234 e. The molecule has 3 aliphatic rings. The van der Waals surface area contributed by atoms with Crippen LogP contribution in [0.3, 0.4) is 0 Å². The average Bonchev–Trinajstić information content (AvgIpc) is 2.69. The van der Waals surface area contributed by atoms with Gasteiger partial charge in [-0.15, -0.1) is 0 Å². The Morgan fingerprint density at radius 3 is 2.71 bits per heavy atom. The van der Waals surface area contributed by atoms with E-state index in [-0.39, 0.29) is 0 Å². The van der Waals surface area contributed by atoms with Crippen LogP contribution >= 0.6 is 0 Å². The Kier molecular flexibility index (Phi) is 1.98. The number of rotatable bonds is 2. The van der Waals surface area contributed by atoms with Crippen molar-refractivity contribution in [2.24, 2.45) is 23.0 Å². The first-order valence-electron chi connectivity index (χ1n) is 6.81. The third kappa shape index (κ3) is 1.23. The van der Waals surface area contributed by atoms with Crippen molar-refractivity contribution in [2.45, 2.75) is 25.4 Å². The fourth-order valence-corrected chi connectivity index (χ4v) is 4.60. The number of nitrogens with two attached hydrogens (primary N) is 1. The summed E-state index contributed by atoms with van der Waals surface area (Å²) in [7, 11) is 0. The summed E-state index contributed by atoms with van der Waals surface area (Å²) in [5.41, 5.74) is 8.36. The molecule has 0 amide bonds. The van der Waals surface area contributed by atoms with Gasteiger partial charge in [0.1, 0.15) is 0 Å². The van der Waals surface area contributed by atoms with Crippen molar-refractivity contribution < 1.29 is 0 Å². The van der Waals surface area contributed by atoms with Crippen molar-refractivity contribution >= 4 is 0 Å². The van der Waals surface area contributed by atoms with Crippen molar-refractivity contribution in [3.63, 3.8) is 0 Å². The highest BCUT2D eigenvalue weighted by atomic mass is 15.2. The second kappa shape index (κ2) is 3.33. The van der Waals surface area contributed by atoms with Crippen LogP contribution < -0.4 is 5.73 Å². The normalized spacial score (nSPS) is 43.5. The Balaban J connectivity index is 1.49. The Morgan fingerprint density at radius 2 is 2.06 bits per heavy atom. The molecule has 2 nitrogen and oxygen atoms in total. The van der Waals surface area contributed by atoms with Crippen LogP contribution in [0.25, 0.3) is 0 Å². The minimum Gasteiger partial charge on any atom is -0.327 e. The lowest BCUT2D eigenvalue weighted by Gasteiger charge is -2.64. The molecule has 0 radical (unpaired) electrons. The lowest BCUT2D eigenvalue weighted by molar-refractivity contribution is -0.127. The quantitative estimate of drug-likeness (QED) is 0.837. The molecule has 90 valence electrons. The zero-order valence-corrected chi connectivity index (χ0v) is 10.2. The maximum atomic E-state index is 6.27. The van der Waals surface area contributed by atoms with Crippen molar-refractivity contribution in [1.29, 1.82) is 0 Å². The van der Waals surface area contributed by atoms with Gasteiger partial charge in [0.15, 0.2) is 0 Å². The fraction of sp³-hybridized carbons (Fsp3) is 0.600. The fourth-order valence-electron chi connectivity index (χ4n) is 4.60. The zero-order chi connectivity index (χ0) is 11.5. The Morgan fingerprint density at radius 1 is 1.24 bits per heavy atom. The SMILES string of the molecule is NC1C2CCC23CN(Cc2ccccc2)CC13. The van der Waals surface area contributed by atoms with E-state index in [1.165, 1.54) is 31.5 Å². The molecule has 1 spiro atoms. The van der Waals surface area contributed by atoms with Crippen molar-refractivity contribution in [3.05, 3.63) is 35.9 Å². The first-order chi connectivity index (χ1) is 8.29. The van der Waals surface area contributed by atoms with Crippen molar-refractivity contribution in [1.82, 2.24) is 4.90 Å². The summed E-state index contributed by atoms with van der Waals surface area (Å²) in [6.45, 7) is 3.63. The molecule has 0 aromatic heterocycles. The smallest absolute Gasteiger partial charge is 0.0234 e. The molecule has 1 aromatic rings. The lowest BCUT2D eigenvalue weighted by Crippen LogP contribution is -2.69. The number of hydrogen-bond acceptors (Lipinski definition) is 2. The predicted molar refractivity (Wildman–Crippen MR) is 68.3 cm³/mol. The highest BCUT2D eigenvalue weighted by Gasteiger charge is 2.68. The molecular weight excluding hydrogens is 208 g/mol. The number of nitrogens with zero attached hydrogens (tertiary/aromatic N) is 1. The molecule has 4 atom stereocenters. The molecule has 2 aliphatic carbocycles. The number of benzene rings is 1. The molecule has 1 saturated heterocycles. The van der Waals surface area contributed by atoms with Gasteiger partial charge in [0.2, 0.25) is 0 Å². The first kappa shape index (κ1) is 10.1. The summed E-state index contributed by atoms with van der Waals surface area (Å²) in [5, 5.41) is 0. The first-order valence-corrected chi connectivity index (χ1v) is 6.81. The van der Waals surface area contributed by atoms with Crippen LogP contribution in [0, 0.1) is 17.3 Å². The van der Waals surface area contributed by atoms with Crippen LogP contribution in [0.4, 0.5) is 0 Å². The molecule has 2 heteroatoms. The number of likely N-dealkylation sites (tertiary alicyclic amines) is 1. The Bertz CT molecular complexity index is 430. The summed E-state index contributed by atoms with van der Waals surface area (Å²) in [6, 6.07) is 11.3. The molecule has 0 bridgehead atoms. The van der Waals surface area contributed by atoms with Crippen molar-refractivity contribution in [3.8, 4) is 0 Å². The molecule has 1 aromatic carbocycles. The topological polar surface area (TPSA) is 29.3 Å². The van der Waals surface area contributed by atoms with Gasteiger partial charge in [-0.25, -0.2) is 0 Å². The van der Waals surface area contributed by atoms with E-state index in [2.05, 4.69) is 35.2 Å². The molecule has 1 aliphatic heterocycles. The van der Waals surface area contributed by atoms with Crippen LogP contribution in [0.2, 0.25) is 0 Å². The standard InChI is InChI=1S/C15H20N2/c16-14-12-6-7-15(12)10-17(9-13(14)15)8-11-4-2-1-3-5-11/h1-5,12-14H,6-10,16H2. The van der Waals surface area contributed by atoms with Gasteiger partial charge >= 0.3 is 0 Å². The molecule has 4 unspecified atom stereocenters. The van der Waals surface area contributed by atoms with E-state index in [9.17, 15) is 0 Å². The van der Waals surface area contributed by atoms with Crippen LogP contribution in [0.5, 0.6) is 0 Å². The van der Waals surface area contributed by atoms with E-state index in [1.807, 2.05) is 0 Å². The van der Waals surface area contributed by atoms with Gasteiger partial charge in [-0.05, 0) is 35.7 Å². The highest BCUT2D eigenvalue weighted by molar-refractivity contribution is 5.22. The maximum absolute atomic E-state index is 6.27. The van der Waals surface area contributed by atoms with E-state index >= 15 is 0 Å². The molecular formula is C15H20N2. The van der Waals surface area contributed by atoms with Crippen LogP contribution in [-0.4, -0.2) is 24.0 Å². The van der Waals surface area contributed by atoms with E-state index in [1.54, 1.807) is 0 Å². The summed E-state index contributed by atoms with van der Waals surface area (Å²) in [6.07, 6.45) is 2.82. The highest BCUT2D eigenvalue weighted by Crippen LogP contribution is 2.66. The molecule has 1 heterocycles. The van der Waals surface area contributed by atoms with E-state index in [0.717, 1.165) is 18.4 Å². The van der Waals surface area contributed by atoms with Crippen molar-refractivity contribution in [2.75, 3.05) is 13.1 Å². The number of hydrogen-bond donors (Lipinski definition) is 1. The Hall–Kier alpha value is -0.860. The average molecular weight is 228 g/mol. The minimum absolute atomic E-state index is 0.504. The van der Waals surface area contributed by atoms with E-state index in [4.69, 9.17) is 5.73 Å². The molecule has 4 rings (SSSR count). The second-order valence-corrected chi connectivity index (χ2v) is 6.22. The summed E-state index contributed by atoms with van der Waals surface area (Å²) >= 11 is 0. The summed E-state index contributed by atoms with van der Waals surface area (Å²) < 4.78 is 0. The monoisotopic (exact) mass is 228 g/mol. The largest absolute Gasteiger partial charge is 0.327 e. The Labute approximate surface area is 103 Å². The minimum atomic E-state index is 0.504. The second-order valence-electron chi connectivity index (χ2n) is 6.22.